The van der Waals surface area contributed by atoms with Crippen molar-refractivity contribution in [2.24, 2.45) is 0 Å². The first kappa shape index (κ1) is 17.5. The largest absolute Gasteiger partial charge is 0.462 e. The molecule has 0 saturated heterocycles. The summed E-state index contributed by atoms with van der Waals surface area (Å²) in [6.45, 7) is 4.57. The van der Waals surface area contributed by atoms with Gasteiger partial charge in [-0.3, -0.25) is 4.79 Å². The van der Waals surface area contributed by atoms with E-state index in [0.29, 0.717) is 10.4 Å². The van der Waals surface area contributed by atoms with Crippen molar-refractivity contribution < 1.29 is 26.7 Å². The molecule has 0 N–H and O–H groups in total. The summed E-state index contributed by atoms with van der Waals surface area (Å²) in [6.07, 6.45) is -0.404. The van der Waals surface area contributed by atoms with Gasteiger partial charge in [-0.05, 0) is 32.9 Å². The van der Waals surface area contributed by atoms with Crippen LogP contribution < -0.4 is 0 Å². The van der Waals surface area contributed by atoms with Gasteiger partial charge in [0, 0.05) is 13.1 Å². The van der Waals surface area contributed by atoms with Crippen LogP contribution in [-0.4, -0.2) is 37.9 Å². The summed E-state index contributed by atoms with van der Waals surface area (Å²) in [5.74, 6) is -2.86. The van der Waals surface area contributed by atoms with E-state index in [0.717, 1.165) is 19.2 Å². The van der Waals surface area contributed by atoms with Crippen LogP contribution in [0.25, 0.3) is 0 Å². The zero-order valence-corrected chi connectivity index (χ0v) is 12.9. The highest BCUT2D eigenvalue weighted by Gasteiger charge is 2.32. The molecule has 5 nitrogen and oxygen atoms in total. The molecule has 21 heavy (non-hydrogen) atoms. The summed E-state index contributed by atoms with van der Waals surface area (Å²) in [7, 11) is -3.15. The summed E-state index contributed by atoms with van der Waals surface area (Å²) < 4.78 is 56.6. The summed E-state index contributed by atoms with van der Waals surface area (Å²) >= 11 is 0. The van der Waals surface area contributed by atoms with Crippen LogP contribution in [0.1, 0.15) is 20.8 Å². The molecular weight excluding hydrogens is 304 g/mol. The standard InChI is InChI=1S/C13H17F2NO4S/c1-8(2)20-13(17)9(3)16(4)21(18,19)12-6-5-10(14)7-11(12)15/h5-9H,1-4H3. The number of carbonyl (C=O) groups is 1. The van der Waals surface area contributed by atoms with Gasteiger partial charge in [0.05, 0.1) is 6.10 Å². The number of benzene rings is 1. The number of hydrogen-bond donors (Lipinski definition) is 0. The molecule has 0 bridgehead atoms. The molecule has 0 spiro atoms. The van der Waals surface area contributed by atoms with Crippen molar-refractivity contribution in [2.45, 2.75) is 37.8 Å². The molecular formula is C13H17F2NO4S. The maximum atomic E-state index is 13.6. The number of ether oxygens (including phenoxy) is 1. The fourth-order valence-electron chi connectivity index (χ4n) is 1.53. The Morgan fingerprint density at radius 2 is 1.81 bits per heavy atom. The Bertz CT molecular complexity index is 631. The lowest BCUT2D eigenvalue weighted by atomic mass is 10.3. The van der Waals surface area contributed by atoms with Crippen molar-refractivity contribution in [3.8, 4) is 0 Å². The number of rotatable bonds is 5. The Labute approximate surface area is 122 Å². The third kappa shape index (κ3) is 3.98. The lowest BCUT2D eigenvalue weighted by Crippen LogP contribution is -2.42. The predicted octanol–water partition coefficient (Wildman–Crippen LogP) is 1.93. The van der Waals surface area contributed by atoms with Crippen LogP contribution in [-0.2, 0) is 19.6 Å². The Morgan fingerprint density at radius 3 is 2.29 bits per heavy atom. The van der Waals surface area contributed by atoms with Crippen LogP contribution in [0.2, 0.25) is 0 Å². The topological polar surface area (TPSA) is 63.7 Å². The number of hydrogen-bond acceptors (Lipinski definition) is 4. The van der Waals surface area contributed by atoms with Crippen molar-refractivity contribution in [3.05, 3.63) is 29.8 Å². The van der Waals surface area contributed by atoms with Gasteiger partial charge in [-0.25, -0.2) is 17.2 Å². The molecule has 0 heterocycles. The van der Waals surface area contributed by atoms with E-state index in [1.54, 1.807) is 13.8 Å². The SMILES string of the molecule is CC(C)OC(=O)C(C)N(C)S(=O)(=O)c1ccc(F)cc1F. The molecule has 0 radical (unpaired) electrons. The Kier molecular flexibility index (Phi) is 5.41. The highest BCUT2D eigenvalue weighted by molar-refractivity contribution is 7.89. The molecule has 0 aliphatic carbocycles. The van der Waals surface area contributed by atoms with E-state index >= 15 is 0 Å². The first-order chi connectivity index (χ1) is 9.57. The van der Waals surface area contributed by atoms with Gasteiger partial charge in [0.25, 0.3) is 0 Å². The first-order valence-corrected chi connectivity index (χ1v) is 7.65. The Morgan fingerprint density at radius 1 is 1.24 bits per heavy atom. The number of likely N-dealkylation sites (N-methyl/N-ethyl adjacent to an activating group) is 1. The molecule has 1 aromatic rings. The molecule has 118 valence electrons. The summed E-state index contributed by atoms with van der Waals surface area (Å²) in [6, 6.07) is 0.984. The number of esters is 1. The van der Waals surface area contributed by atoms with E-state index in [9.17, 15) is 22.0 Å². The van der Waals surface area contributed by atoms with E-state index in [2.05, 4.69) is 0 Å². The lowest BCUT2D eigenvalue weighted by molar-refractivity contribution is -0.151. The second kappa shape index (κ2) is 6.48. The third-order valence-electron chi connectivity index (χ3n) is 2.79. The van der Waals surface area contributed by atoms with Crippen LogP contribution in [0, 0.1) is 11.6 Å². The van der Waals surface area contributed by atoms with Gasteiger partial charge in [0.2, 0.25) is 10.0 Å². The molecule has 0 amide bonds. The molecule has 1 unspecified atom stereocenters. The second-order valence-electron chi connectivity index (χ2n) is 4.76. The fourth-order valence-corrected chi connectivity index (χ4v) is 2.88. The predicted molar refractivity (Wildman–Crippen MR) is 72.0 cm³/mol. The van der Waals surface area contributed by atoms with E-state index in [1.807, 2.05) is 0 Å². The molecule has 0 saturated carbocycles. The van der Waals surface area contributed by atoms with E-state index in [1.165, 1.54) is 6.92 Å². The Balaban J connectivity index is 3.09. The van der Waals surface area contributed by atoms with E-state index in [-0.39, 0.29) is 0 Å². The minimum atomic E-state index is -4.28. The third-order valence-corrected chi connectivity index (χ3v) is 4.75. The Hall–Kier alpha value is -1.54. The molecule has 0 aliphatic heterocycles. The molecule has 1 aromatic carbocycles. The van der Waals surface area contributed by atoms with Gasteiger partial charge in [-0.15, -0.1) is 0 Å². The van der Waals surface area contributed by atoms with Crippen LogP contribution in [0.3, 0.4) is 0 Å². The number of nitrogens with zero attached hydrogens (tertiary/aromatic N) is 1. The minimum absolute atomic E-state index is 0.404. The van der Waals surface area contributed by atoms with Crippen LogP contribution >= 0.6 is 0 Å². The van der Waals surface area contributed by atoms with Gasteiger partial charge in [-0.2, -0.15) is 4.31 Å². The van der Waals surface area contributed by atoms with Gasteiger partial charge in [-0.1, -0.05) is 0 Å². The van der Waals surface area contributed by atoms with Crippen molar-refractivity contribution in [3.63, 3.8) is 0 Å². The number of carbonyl (C=O) groups excluding carboxylic acids is 1. The zero-order valence-electron chi connectivity index (χ0n) is 12.1. The molecule has 0 aromatic heterocycles. The minimum Gasteiger partial charge on any atom is -0.462 e. The van der Waals surface area contributed by atoms with E-state index in [4.69, 9.17) is 4.74 Å². The van der Waals surface area contributed by atoms with Crippen LogP contribution in [0.5, 0.6) is 0 Å². The molecule has 0 fully saturated rings. The maximum absolute atomic E-state index is 13.6. The van der Waals surface area contributed by atoms with Gasteiger partial charge in [0.15, 0.2) is 0 Å². The molecule has 0 aliphatic rings. The smallest absolute Gasteiger partial charge is 0.324 e. The highest BCUT2D eigenvalue weighted by atomic mass is 32.2. The van der Waals surface area contributed by atoms with Crippen LogP contribution in [0.15, 0.2) is 23.1 Å². The first-order valence-electron chi connectivity index (χ1n) is 6.21. The highest BCUT2D eigenvalue weighted by Crippen LogP contribution is 2.21. The van der Waals surface area contributed by atoms with Gasteiger partial charge in [0.1, 0.15) is 22.6 Å². The number of sulfonamides is 1. The summed E-state index contributed by atoms with van der Waals surface area (Å²) in [4.78, 5) is 11.0. The molecule has 1 atom stereocenters. The van der Waals surface area contributed by atoms with E-state index < -0.39 is 44.7 Å². The van der Waals surface area contributed by atoms with Gasteiger partial charge >= 0.3 is 5.97 Å². The second-order valence-corrected chi connectivity index (χ2v) is 6.72. The zero-order chi connectivity index (χ0) is 16.4. The quantitative estimate of drug-likeness (QED) is 0.777. The summed E-state index contributed by atoms with van der Waals surface area (Å²) in [5.41, 5.74) is 0. The lowest BCUT2D eigenvalue weighted by Gasteiger charge is -2.23. The van der Waals surface area contributed by atoms with Crippen molar-refractivity contribution in [1.82, 2.24) is 4.31 Å². The average Bonchev–Trinajstić information content (AvgIpc) is 2.35. The normalized spacial score (nSPS) is 13.5. The van der Waals surface area contributed by atoms with Crippen molar-refractivity contribution in [1.29, 1.82) is 0 Å². The monoisotopic (exact) mass is 321 g/mol. The summed E-state index contributed by atoms with van der Waals surface area (Å²) in [5, 5.41) is 0. The average molecular weight is 321 g/mol. The molecule has 8 heteroatoms. The van der Waals surface area contributed by atoms with Crippen LogP contribution in [0.4, 0.5) is 8.78 Å². The van der Waals surface area contributed by atoms with Crippen molar-refractivity contribution in [2.75, 3.05) is 7.05 Å². The maximum Gasteiger partial charge on any atom is 0.324 e. The number of halogens is 2. The van der Waals surface area contributed by atoms with Gasteiger partial charge < -0.3 is 4.74 Å². The fraction of sp³-hybridized carbons (Fsp3) is 0.462. The molecule has 1 rings (SSSR count). The van der Waals surface area contributed by atoms with Crippen molar-refractivity contribution >= 4 is 16.0 Å².